The second-order valence-corrected chi connectivity index (χ2v) is 9.41. The Morgan fingerprint density at radius 1 is 1.28 bits per heavy atom. The molecule has 9 heteroatoms. The third-order valence-electron chi connectivity index (χ3n) is 5.08. The van der Waals surface area contributed by atoms with Crippen molar-refractivity contribution in [3.63, 3.8) is 0 Å². The molecular formula is C20H33N7S2. The number of rotatable bonds is 10. The molecule has 160 valence electrons. The molecule has 0 aromatic carbocycles. The number of hydrogen-bond donors (Lipinski definition) is 2. The molecule has 2 aromatic heterocycles. The van der Waals surface area contributed by atoms with Crippen LogP contribution in [0.25, 0.3) is 0 Å². The standard InChI is InChI=1S/C20H33N7S2/c1-4-21-19(23-13-11-18-24-14-15(2)29-18)22-12-7-10-17-25-26-20(28-3)27(17)16-8-5-6-9-16/h14,16H,4-13H2,1-3H3,(H2,21,22,23). The summed E-state index contributed by atoms with van der Waals surface area (Å²) in [6.45, 7) is 6.66. The maximum absolute atomic E-state index is 4.73. The first-order valence-corrected chi connectivity index (χ1v) is 12.7. The van der Waals surface area contributed by atoms with Gasteiger partial charge in [0, 0.05) is 49.6 Å². The van der Waals surface area contributed by atoms with E-state index in [4.69, 9.17) is 4.99 Å². The Labute approximate surface area is 182 Å². The number of aryl methyl sites for hydroxylation is 2. The largest absolute Gasteiger partial charge is 0.357 e. The van der Waals surface area contributed by atoms with E-state index in [1.54, 1.807) is 23.1 Å². The second kappa shape index (κ2) is 11.5. The molecule has 7 nitrogen and oxygen atoms in total. The first-order chi connectivity index (χ1) is 14.2. The van der Waals surface area contributed by atoms with Crippen molar-refractivity contribution < 1.29 is 0 Å². The number of thioether (sulfide) groups is 1. The highest BCUT2D eigenvalue weighted by molar-refractivity contribution is 7.98. The number of thiazole rings is 1. The van der Waals surface area contributed by atoms with E-state index in [9.17, 15) is 0 Å². The van der Waals surface area contributed by atoms with Gasteiger partial charge in [0.15, 0.2) is 11.1 Å². The van der Waals surface area contributed by atoms with Gasteiger partial charge >= 0.3 is 0 Å². The lowest BCUT2D eigenvalue weighted by Gasteiger charge is -2.16. The zero-order valence-electron chi connectivity index (χ0n) is 17.8. The van der Waals surface area contributed by atoms with Crippen LogP contribution in [-0.2, 0) is 12.8 Å². The summed E-state index contributed by atoms with van der Waals surface area (Å²) in [4.78, 5) is 10.4. The lowest BCUT2D eigenvalue weighted by molar-refractivity contribution is 0.461. The summed E-state index contributed by atoms with van der Waals surface area (Å²) in [6.07, 6.45) is 12.0. The predicted octanol–water partition coefficient (Wildman–Crippen LogP) is 3.61. The topological polar surface area (TPSA) is 80.0 Å². The first kappa shape index (κ1) is 22.1. The van der Waals surface area contributed by atoms with Crippen molar-refractivity contribution in [1.29, 1.82) is 0 Å². The Morgan fingerprint density at radius 3 is 2.79 bits per heavy atom. The third kappa shape index (κ3) is 6.44. The highest BCUT2D eigenvalue weighted by Crippen LogP contribution is 2.33. The molecule has 2 aromatic rings. The summed E-state index contributed by atoms with van der Waals surface area (Å²) in [5.41, 5.74) is 0. The van der Waals surface area contributed by atoms with E-state index in [1.807, 2.05) is 6.20 Å². The van der Waals surface area contributed by atoms with Crippen molar-refractivity contribution in [2.75, 3.05) is 25.9 Å². The van der Waals surface area contributed by atoms with Gasteiger partial charge in [0.2, 0.25) is 0 Å². The third-order valence-corrected chi connectivity index (χ3v) is 6.70. The molecule has 0 atom stereocenters. The molecule has 1 aliphatic rings. The molecule has 0 saturated heterocycles. The smallest absolute Gasteiger partial charge is 0.191 e. The minimum atomic E-state index is 0.583. The van der Waals surface area contributed by atoms with Gasteiger partial charge in [-0.15, -0.1) is 21.5 Å². The van der Waals surface area contributed by atoms with Gasteiger partial charge in [-0.1, -0.05) is 24.6 Å². The van der Waals surface area contributed by atoms with Gasteiger partial charge in [0.25, 0.3) is 0 Å². The van der Waals surface area contributed by atoms with E-state index >= 15 is 0 Å². The summed E-state index contributed by atoms with van der Waals surface area (Å²) >= 11 is 3.46. The van der Waals surface area contributed by atoms with Crippen LogP contribution in [0, 0.1) is 6.92 Å². The quantitative estimate of drug-likeness (QED) is 0.257. The molecule has 1 fully saturated rings. The molecule has 2 heterocycles. The number of nitrogens with zero attached hydrogens (tertiary/aromatic N) is 5. The van der Waals surface area contributed by atoms with Gasteiger partial charge in [-0.3, -0.25) is 4.99 Å². The van der Waals surface area contributed by atoms with Crippen molar-refractivity contribution in [2.45, 2.75) is 70.0 Å². The lowest BCUT2D eigenvalue weighted by atomic mass is 10.2. The Balaban J connectivity index is 1.48. The van der Waals surface area contributed by atoms with Crippen LogP contribution in [0.3, 0.4) is 0 Å². The van der Waals surface area contributed by atoms with Crippen LogP contribution in [0.2, 0.25) is 0 Å². The fraction of sp³-hybridized carbons (Fsp3) is 0.700. The van der Waals surface area contributed by atoms with E-state index in [0.29, 0.717) is 6.04 Å². The molecule has 2 N–H and O–H groups in total. The average Bonchev–Trinajstić information content (AvgIpc) is 3.45. The van der Waals surface area contributed by atoms with E-state index < -0.39 is 0 Å². The van der Waals surface area contributed by atoms with Crippen molar-refractivity contribution in [3.05, 3.63) is 21.9 Å². The molecule has 3 rings (SSSR count). The Morgan fingerprint density at radius 2 is 2.10 bits per heavy atom. The monoisotopic (exact) mass is 435 g/mol. The molecule has 0 amide bonds. The number of aliphatic imine (C=N–C) groups is 1. The van der Waals surface area contributed by atoms with E-state index in [2.05, 4.69) is 50.5 Å². The van der Waals surface area contributed by atoms with Crippen LogP contribution in [0.1, 0.15) is 60.8 Å². The predicted molar refractivity (Wildman–Crippen MR) is 122 cm³/mol. The Kier molecular flexibility index (Phi) is 8.79. The molecule has 1 aliphatic carbocycles. The van der Waals surface area contributed by atoms with E-state index in [-0.39, 0.29) is 0 Å². The molecule has 1 saturated carbocycles. The molecule has 0 radical (unpaired) electrons. The van der Waals surface area contributed by atoms with Crippen molar-refractivity contribution in [1.82, 2.24) is 30.4 Å². The molecule has 0 unspecified atom stereocenters. The Hall–Kier alpha value is -1.61. The summed E-state index contributed by atoms with van der Waals surface area (Å²) in [7, 11) is 0. The number of hydrogen-bond acceptors (Lipinski definition) is 6. The Bertz CT molecular complexity index is 778. The fourth-order valence-corrected chi connectivity index (χ4v) is 5.08. The molecule has 0 bridgehead atoms. The minimum Gasteiger partial charge on any atom is -0.357 e. The van der Waals surface area contributed by atoms with Gasteiger partial charge < -0.3 is 15.2 Å². The number of aromatic nitrogens is 4. The molecular weight excluding hydrogens is 402 g/mol. The fourth-order valence-electron chi connectivity index (χ4n) is 3.72. The zero-order chi connectivity index (χ0) is 20.5. The van der Waals surface area contributed by atoms with Crippen LogP contribution in [0.5, 0.6) is 0 Å². The van der Waals surface area contributed by atoms with Crippen LogP contribution in [-0.4, -0.2) is 51.6 Å². The zero-order valence-corrected chi connectivity index (χ0v) is 19.4. The molecule has 29 heavy (non-hydrogen) atoms. The van der Waals surface area contributed by atoms with E-state index in [1.165, 1.54) is 35.6 Å². The van der Waals surface area contributed by atoms with Gasteiger partial charge in [-0.25, -0.2) is 4.98 Å². The maximum atomic E-state index is 4.73. The van der Waals surface area contributed by atoms with Crippen molar-refractivity contribution in [3.8, 4) is 0 Å². The first-order valence-electron chi connectivity index (χ1n) is 10.6. The summed E-state index contributed by atoms with van der Waals surface area (Å²) in [5, 5.41) is 17.8. The maximum Gasteiger partial charge on any atom is 0.191 e. The van der Waals surface area contributed by atoms with E-state index in [0.717, 1.165) is 55.8 Å². The minimum absolute atomic E-state index is 0.583. The van der Waals surface area contributed by atoms with Gasteiger partial charge in [0.05, 0.1) is 5.01 Å². The van der Waals surface area contributed by atoms with Crippen molar-refractivity contribution in [2.24, 2.45) is 4.99 Å². The van der Waals surface area contributed by atoms with Crippen LogP contribution >= 0.6 is 23.1 Å². The average molecular weight is 436 g/mol. The highest BCUT2D eigenvalue weighted by Gasteiger charge is 2.23. The van der Waals surface area contributed by atoms with Crippen LogP contribution in [0.4, 0.5) is 0 Å². The van der Waals surface area contributed by atoms with Gasteiger partial charge in [-0.05, 0) is 39.4 Å². The van der Waals surface area contributed by atoms with Crippen LogP contribution in [0.15, 0.2) is 16.3 Å². The van der Waals surface area contributed by atoms with Crippen molar-refractivity contribution >= 4 is 29.1 Å². The van der Waals surface area contributed by atoms with Crippen LogP contribution < -0.4 is 10.6 Å². The highest BCUT2D eigenvalue weighted by atomic mass is 32.2. The lowest BCUT2D eigenvalue weighted by Crippen LogP contribution is -2.38. The SMILES string of the molecule is CCNC(=NCCCc1nnc(SC)n1C1CCCC1)NCCc1ncc(C)s1. The molecule has 0 aliphatic heterocycles. The van der Waals surface area contributed by atoms with Gasteiger partial charge in [0.1, 0.15) is 5.82 Å². The summed E-state index contributed by atoms with van der Waals surface area (Å²) in [6, 6.07) is 0.583. The summed E-state index contributed by atoms with van der Waals surface area (Å²) in [5.74, 6) is 2.00. The number of nitrogens with one attached hydrogen (secondary N) is 2. The summed E-state index contributed by atoms with van der Waals surface area (Å²) < 4.78 is 2.39. The second-order valence-electron chi connectivity index (χ2n) is 7.32. The number of guanidine groups is 1. The van der Waals surface area contributed by atoms with Gasteiger partial charge in [-0.2, -0.15) is 0 Å². The molecule has 0 spiro atoms. The normalized spacial score (nSPS) is 15.2.